The molecule has 150 valence electrons. The summed E-state index contributed by atoms with van der Waals surface area (Å²) < 4.78 is 7.20. The predicted molar refractivity (Wildman–Crippen MR) is 105 cm³/mol. The standard InChI is InChI=1S/C21H27ClN4O2/c1-10-18(22)11(2)26(24-10)9-17-12(3)28-25-20(17)21(27)23-19-15-5-13-4-14(7-15)8-16(19)6-13/h13-16,19H,4-9H2,1-3H3,(H,23,27). The highest BCUT2D eigenvalue weighted by Crippen LogP contribution is 2.53. The van der Waals surface area contributed by atoms with Crippen LogP contribution >= 0.6 is 11.6 Å². The summed E-state index contributed by atoms with van der Waals surface area (Å²) in [6.07, 6.45) is 6.49. The number of carbonyl (C=O) groups excluding carboxylic acids is 1. The number of aryl methyl sites for hydroxylation is 2. The van der Waals surface area contributed by atoms with E-state index < -0.39 is 0 Å². The molecule has 0 radical (unpaired) electrons. The topological polar surface area (TPSA) is 73.0 Å². The van der Waals surface area contributed by atoms with Gasteiger partial charge in [-0.2, -0.15) is 5.10 Å². The van der Waals surface area contributed by atoms with Crippen LogP contribution in [0.3, 0.4) is 0 Å². The van der Waals surface area contributed by atoms with E-state index in [1.807, 2.05) is 25.5 Å². The minimum atomic E-state index is -0.114. The van der Waals surface area contributed by atoms with E-state index in [-0.39, 0.29) is 11.9 Å². The molecular weight excluding hydrogens is 376 g/mol. The first-order chi connectivity index (χ1) is 13.4. The molecule has 4 bridgehead atoms. The second-order valence-corrected chi connectivity index (χ2v) is 9.52. The Morgan fingerprint density at radius 3 is 2.36 bits per heavy atom. The number of halogens is 1. The molecule has 7 heteroatoms. The summed E-state index contributed by atoms with van der Waals surface area (Å²) in [6.45, 7) is 6.08. The lowest BCUT2D eigenvalue weighted by Gasteiger charge is -2.54. The third-order valence-corrected chi connectivity index (χ3v) is 7.87. The van der Waals surface area contributed by atoms with E-state index in [4.69, 9.17) is 16.1 Å². The molecule has 28 heavy (non-hydrogen) atoms. The fourth-order valence-electron chi connectivity index (χ4n) is 6.12. The number of nitrogens with zero attached hydrogens (tertiary/aromatic N) is 3. The molecule has 6 rings (SSSR count). The van der Waals surface area contributed by atoms with Gasteiger partial charge in [0.1, 0.15) is 5.76 Å². The largest absolute Gasteiger partial charge is 0.361 e. The summed E-state index contributed by atoms with van der Waals surface area (Å²) in [5.74, 6) is 3.57. The molecule has 2 aromatic heterocycles. The Labute approximate surface area is 170 Å². The number of hydrogen-bond acceptors (Lipinski definition) is 4. The van der Waals surface area contributed by atoms with Crippen molar-refractivity contribution in [2.24, 2.45) is 23.7 Å². The van der Waals surface area contributed by atoms with E-state index in [0.29, 0.717) is 34.9 Å². The highest BCUT2D eigenvalue weighted by atomic mass is 35.5. The monoisotopic (exact) mass is 402 g/mol. The first-order valence-corrected chi connectivity index (χ1v) is 10.7. The summed E-state index contributed by atoms with van der Waals surface area (Å²) >= 11 is 6.28. The minimum Gasteiger partial charge on any atom is -0.361 e. The molecule has 6 nitrogen and oxygen atoms in total. The SMILES string of the molecule is Cc1nn(Cc2c(C(=O)NC3C4CC5CC(C4)CC3C5)noc2C)c(C)c1Cl. The second-order valence-electron chi connectivity index (χ2n) is 9.14. The van der Waals surface area contributed by atoms with Crippen LogP contribution < -0.4 is 5.32 Å². The first-order valence-electron chi connectivity index (χ1n) is 10.4. The van der Waals surface area contributed by atoms with Crippen molar-refractivity contribution in [2.75, 3.05) is 0 Å². The molecule has 1 amide bonds. The van der Waals surface area contributed by atoms with Crippen LogP contribution in [0.25, 0.3) is 0 Å². The normalized spacial score (nSPS) is 30.8. The molecule has 2 aromatic rings. The molecule has 2 heterocycles. The van der Waals surface area contributed by atoms with Gasteiger partial charge in [0.15, 0.2) is 5.69 Å². The van der Waals surface area contributed by atoms with Gasteiger partial charge < -0.3 is 9.84 Å². The Balaban J connectivity index is 1.37. The summed E-state index contributed by atoms with van der Waals surface area (Å²) in [4.78, 5) is 13.1. The quantitative estimate of drug-likeness (QED) is 0.837. The van der Waals surface area contributed by atoms with Crippen LogP contribution in [0.2, 0.25) is 5.02 Å². The molecule has 4 fully saturated rings. The maximum Gasteiger partial charge on any atom is 0.274 e. The number of hydrogen-bond donors (Lipinski definition) is 1. The summed E-state index contributed by atoms with van der Waals surface area (Å²) in [5.41, 5.74) is 2.83. The Hall–Kier alpha value is -1.82. The van der Waals surface area contributed by atoms with Crippen LogP contribution in [0.5, 0.6) is 0 Å². The van der Waals surface area contributed by atoms with Gasteiger partial charge in [-0.05, 0) is 76.5 Å². The van der Waals surface area contributed by atoms with E-state index in [9.17, 15) is 4.79 Å². The van der Waals surface area contributed by atoms with Crippen molar-refractivity contribution in [3.63, 3.8) is 0 Å². The van der Waals surface area contributed by atoms with Gasteiger partial charge in [0.25, 0.3) is 5.91 Å². The Bertz CT molecular complexity index is 903. The average molecular weight is 403 g/mol. The molecule has 4 aliphatic rings. The molecule has 4 aliphatic carbocycles. The van der Waals surface area contributed by atoms with E-state index in [2.05, 4.69) is 15.6 Å². The second kappa shape index (κ2) is 6.61. The Morgan fingerprint density at radius 1 is 1.14 bits per heavy atom. The molecule has 4 saturated carbocycles. The van der Waals surface area contributed by atoms with Crippen LogP contribution in [0, 0.1) is 44.4 Å². The minimum absolute atomic E-state index is 0.114. The Morgan fingerprint density at radius 2 is 1.79 bits per heavy atom. The van der Waals surface area contributed by atoms with Crippen LogP contribution in [0.1, 0.15) is 65.3 Å². The molecule has 0 aliphatic heterocycles. The molecule has 1 N–H and O–H groups in total. The van der Waals surface area contributed by atoms with Crippen molar-refractivity contribution in [1.29, 1.82) is 0 Å². The van der Waals surface area contributed by atoms with Gasteiger partial charge in [-0.25, -0.2) is 0 Å². The highest BCUT2D eigenvalue weighted by Gasteiger charge is 2.48. The number of carbonyl (C=O) groups is 1. The zero-order chi connectivity index (χ0) is 19.6. The maximum absolute atomic E-state index is 13.1. The fraction of sp³-hybridized carbons (Fsp3) is 0.667. The summed E-state index contributed by atoms with van der Waals surface area (Å²) in [7, 11) is 0. The van der Waals surface area contributed by atoms with Gasteiger partial charge in [0.05, 0.1) is 23.0 Å². The van der Waals surface area contributed by atoms with Crippen molar-refractivity contribution in [3.8, 4) is 0 Å². The van der Waals surface area contributed by atoms with Crippen molar-refractivity contribution >= 4 is 17.5 Å². The van der Waals surface area contributed by atoms with Gasteiger partial charge in [-0.1, -0.05) is 16.8 Å². The van der Waals surface area contributed by atoms with Crippen molar-refractivity contribution in [3.05, 3.63) is 33.4 Å². The average Bonchev–Trinajstić information content (AvgIpc) is 3.13. The van der Waals surface area contributed by atoms with E-state index in [1.54, 1.807) is 0 Å². The van der Waals surface area contributed by atoms with Crippen LogP contribution in [-0.4, -0.2) is 26.9 Å². The maximum atomic E-state index is 13.1. The lowest BCUT2D eigenvalue weighted by Crippen LogP contribution is -2.55. The van der Waals surface area contributed by atoms with E-state index >= 15 is 0 Å². The lowest BCUT2D eigenvalue weighted by atomic mass is 9.54. The van der Waals surface area contributed by atoms with E-state index in [1.165, 1.54) is 32.1 Å². The lowest BCUT2D eigenvalue weighted by molar-refractivity contribution is -0.0120. The third kappa shape index (κ3) is 2.88. The first kappa shape index (κ1) is 18.2. The number of amides is 1. The molecular formula is C21H27ClN4O2. The van der Waals surface area contributed by atoms with Gasteiger partial charge in [0, 0.05) is 11.6 Å². The third-order valence-electron chi connectivity index (χ3n) is 7.33. The van der Waals surface area contributed by atoms with Crippen LogP contribution in [0.15, 0.2) is 4.52 Å². The van der Waals surface area contributed by atoms with Crippen LogP contribution in [0.4, 0.5) is 0 Å². The van der Waals surface area contributed by atoms with Crippen molar-refractivity contribution < 1.29 is 9.32 Å². The van der Waals surface area contributed by atoms with Crippen LogP contribution in [-0.2, 0) is 6.54 Å². The number of nitrogens with one attached hydrogen (secondary N) is 1. The predicted octanol–water partition coefficient (Wildman–Crippen LogP) is 4.05. The smallest absolute Gasteiger partial charge is 0.274 e. The van der Waals surface area contributed by atoms with Crippen molar-refractivity contribution in [2.45, 2.75) is 65.5 Å². The molecule has 0 spiro atoms. The Kier molecular flexibility index (Phi) is 4.30. The van der Waals surface area contributed by atoms with Gasteiger partial charge in [0.2, 0.25) is 0 Å². The fourth-order valence-corrected chi connectivity index (χ4v) is 6.25. The van der Waals surface area contributed by atoms with Gasteiger partial charge in [-0.3, -0.25) is 9.48 Å². The zero-order valence-corrected chi connectivity index (χ0v) is 17.4. The summed E-state index contributed by atoms with van der Waals surface area (Å²) in [6, 6.07) is 0.285. The molecule has 0 saturated heterocycles. The molecule has 0 aromatic carbocycles. The number of rotatable bonds is 4. The van der Waals surface area contributed by atoms with E-state index in [0.717, 1.165) is 28.8 Å². The molecule has 0 atom stereocenters. The zero-order valence-electron chi connectivity index (χ0n) is 16.7. The summed E-state index contributed by atoms with van der Waals surface area (Å²) in [5, 5.41) is 12.6. The van der Waals surface area contributed by atoms with Gasteiger partial charge >= 0.3 is 0 Å². The number of aromatic nitrogens is 3. The van der Waals surface area contributed by atoms with Gasteiger partial charge in [-0.15, -0.1) is 0 Å². The molecule has 0 unspecified atom stereocenters. The highest BCUT2D eigenvalue weighted by molar-refractivity contribution is 6.31. The van der Waals surface area contributed by atoms with Crippen molar-refractivity contribution in [1.82, 2.24) is 20.3 Å².